The van der Waals surface area contributed by atoms with Crippen LogP contribution in [0.25, 0.3) is 0 Å². The van der Waals surface area contributed by atoms with E-state index in [9.17, 15) is 9.59 Å². The minimum atomic E-state index is -1.00. The van der Waals surface area contributed by atoms with E-state index in [1.165, 1.54) is 16.2 Å². The van der Waals surface area contributed by atoms with Gasteiger partial charge in [-0.1, -0.05) is 13.0 Å². The van der Waals surface area contributed by atoms with E-state index in [0.29, 0.717) is 5.75 Å². The third-order valence-electron chi connectivity index (χ3n) is 2.71. The van der Waals surface area contributed by atoms with E-state index in [2.05, 4.69) is 12.6 Å². The summed E-state index contributed by atoms with van der Waals surface area (Å²) in [6.45, 7) is 3.32. The predicted molar refractivity (Wildman–Crippen MR) is 75.1 cm³/mol. The fourth-order valence-corrected chi connectivity index (χ4v) is 2.55. The highest BCUT2D eigenvalue weighted by Crippen LogP contribution is 2.25. The van der Waals surface area contributed by atoms with Gasteiger partial charge in [0.25, 0.3) is 0 Å². The molecule has 0 aliphatic carbocycles. The lowest BCUT2D eigenvalue weighted by atomic mass is 10.1. The smallest absolute Gasteiger partial charge is 0.323 e. The summed E-state index contributed by atoms with van der Waals surface area (Å²) in [5.74, 6) is -1.05. The standard InChI is InChI=1S/C12H17NO3S2/c1-8(7-17)12(16)13(6-11(14)15)9(2)10-4-3-5-18-10/h3-5,8-9,17H,6-7H2,1-2H3,(H,14,15). The van der Waals surface area contributed by atoms with Gasteiger partial charge in [0.05, 0.1) is 6.04 Å². The Bertz CT molecular complexity index is 405. The third kappa shape index (κ3) is 3.74. The molecule has 0 saturated carbocycles. The number of thiophene rings is 1. The molecule has 0 aromatic carbocycles. The second-order valence-corrected chi connectivity index (χ2v) is 5.48. The van der Waals surface area contributed by atoms with E-state index in [1.54, 1.807) is 6.92 Å². The number of carboxylic acids is 1. The van der Waals surface area contributed by atoms with Crippen LogP contribution >= 0.6 is 24.0 Å². The van der Waals surface area contributed by atoms with Crippen LogP contribution in [0.2, 0.25) is 0 Å². The number of amides is 1. The summed E-state index contributed by atoms with van der Waals surface area (Å²) >= 11 is 5.61. The van der Waals surface area contributed by atoms with E-state index in [-0.39, 0.29) is 24.4 Å². The molecule has 0 radical (unpaired) electrons. The monoisotopic (exact) mass is 287 g/mol. The van der Waals surface area contributed by atoms with Gasteiger partial charge in [-0.2, -0.15) is 12.6 Å². The lowest BCUT2D eigenvalue weighted by Gasteiger charge is -2.29. The van der Waals surface area contributed by atoms with Crippen molar-refractivity contribution in [3.8, 4) is 0 Å². The van der Waals surface area contributed by atoms with Gasteiger partial charge in [0, 0.05) is 16.5 Å². The Kier molecular flexibility index (Phi) is 5.68. The van der Waals surface area contributed by atoms with Crippen LogP contribution < -0.4 is 0 Å². The van der Waals surface area contributed by atoms with Crippen LogP contribution in [0.3, 0.4) is 0 Å². The molecule has 1 heterocycles. The van der Waals surface area contributed by atoms with Crippen LogP contribution in [0, 0.1) is 5.92 Å². The number of hydrogen-bond acceptors (Lipinski definition) is 4. The van der Waals surface area contributed by atoms with Gasteiger partial charge >= 0.3 is 5.97 Å². The molecule has 1 amide bonds. The SMILES string of the molecule is CC(CS)C(=O)N(CC(=O)O)C(C)c1cccs1. The predicted octanol–water partition coefficient (Wildman–Crippen LogP) is 2.29. The number of carbonyl (C=O) groups excluding carboxylic acids is 1. The van der Waals surface area contributed by atoms with Crippen LogP contribution in [-0.4, -0.2) is 34.2 Å². The van der Waals surface area contributed by atoms with E-state index in [0.717, 1.165) is 4.88 Å². The van der Waals surface area contributed by atoms with Gasteiger partial charge < -0.3 is 10.0 Å². The van der Waals surface area contributed by atoms with Crippen molar-refractivity contribution in [1.29, 1.82) is 0 Å². The molecule has 18 heavy (non-hydrogen) atoms. The molecule has 1 aromatic rings. The van der Waals surface area contributed by atoms with Crippen LogP contribution in [0.4, 0.5) is 0 Å². The lowest BCUT2D eigenvalue weighted by molar-refractivity contribution is -0.147. The molecule has 6 heteroatoms. The largest absolute Gasteiger partial charge is 0.480 e. The van der Waals surface area contributed by atoms with Gasteiger partial charge in [0.2, 0.25) is 5.91 Å². The lowest BCUT2D eigenvalue weighted by Crippen LogP contribution is -2.40. The summed E-state index contributed by atoms with van der Waals surface area (Å²) in [6.07, 6.45) is 0. The van der Waals surface area contributed by atoms with E-state index >= 15 is 0 Å². The van der Waals surface area contributed by atoms with Crippen molar-refractivity contribution in [2.75, 3.05) is 12.3 Å². The number of carbonyl (C=O) groups is 2. The molecule has 2 unspecified atom stereocenters. The molecule has 1 aromatic heterocycles. The van der Waals surface area contributed by atoms with Gasteiger partial charge in [-0.15, -0.1) is 11.3 Å². The first-order chi connectivity index (χ1) is 8.47. The zero-order valence-electron chi connectivity index (χ0n) is 10.4. The first kappa shape index (κ1) is 15.0. The van der Waals surface area contributed by atoms with Crippen molar-refractivity contribution in [2.24, 2.45) is 5.92 Å². The number of rotatable bonds is 6. The van der Waals surface area contributed by atoms with Crippen LogP contribution in [0.15, 0.2) is 17.5 Å². The molecule has 1 N–H and O–H groups in total. The Morgan fingerprint density at radius 3 is 2.61 bits per heavy atom. The van der Waals surface area contributed by atoms with Crippen LogP contribution in [-0.2, 0) is 9.59 Å². The molecule has 0 fully saturated rings. The summed E-state index contributed by atoms with van der Waals surface area (Å²) in [5.41, 5.74) is 0. The molecule has 0 bridgehead atoms. The van der Waals surface area contributed by atoms with Crippen molar-refractivity contribution >= 4 is 35.8 Å². The van der Waals surface area contributed by atoms with Gasteiger partial charge in [-0.05, 0) is 18.4 Å². The highest BCUT2D eigenvalue weighted by atomic mass is 32.1. The first-order valence-corrected chi connectivity index (χ1v) is 7.15. The summed E-state index contributed by atoms with van der Waals surface area (Å²) < 4.78 is 0. The average molecular weight is 287 g/mol. The Balaban J connectivity index is 2.90. The van der Waals surface area contributed by atoms with Crippen LogP contribution in [0.1, 0.15) is 24.8 Å². The molecule has 0 saturated heterocycles. The summed E-state index contributed by atoms with van der Waals surface area (Å²) in [4.78, 5) is 25.4. The maximum atomic E-state index is 12.2. The zero-order valence-corrected chi connectivity index (χ0v) is 12.1. The van der Waals surface area contributed by atoms with Gasteiger partial charge in [-0.3, -0.25) is 9.59 Å². The third-order valence-corrected chi connectivity index (χ3v) is 4.30. The van der Waals surface area contributed by atoms with Crippen molar-refractivity contribution in [1.82, 2.24) is 4.90 Å². The molecular formula is C12H17NO3S2. The maximum Gasteiger partial charge on any atom is 0.323 e. The quantitative estimate of drug-likeness (QED) is 0.789. The molecule has 100 valence electrons. The van der Waals surface area contributed by atoms with E-state index < -0.39 is 5.97 Å². The highest BCUT2D eigenvalue weighted by molar-refractivity contribution is 7.80. The minimum Gasteiger partial charge on any atom is -0.480 e. The fraction of sp³-hybridized carbons (Fsp3) is 0.500. The zero-order chi connectivity index (χ0) is 13.7. The number of nitrogens with zero attached hydrogens (tertiary/aromatic N) is 1. The van der Waals surface area contributed by atoms with Gasteiger partial charge in [0.1, 0.15) is 6.54 Å². The number of carboxylic acid groups (broad SMARTS) is 1. The van der Waals surface area contributed by atoms with Gasteiger partial charge in [0.15, 0.2) is 0 Å². The second-order valence-electron chi connectivity index (χ2n) is 4.13. The van der Waals surface area contributed by atoms with Crippen molar-refractivity contribution < 1.29 is 14.7 Å². The molecule has 0 spiro atoms. The van der Waals surface area contributed by atoms with Crippen molar-refractivity contribution in [3.05, 3.63) is 22.4 Å². The Morgan fingerprint density at radius 2 is 2.17 bits per heavy atom. The normalized spacial score (nSPS) is 13.9. The Hall–Kier alpha value is -1.01. The Labute approximate surface area is 116 Å². The molecule has 1 rings (SSSR count). The number of aliphatic carboxylic acids is 1. The van der Waals surface area contributed by atoms with Crippen LogP contribution in [0.5, 0.6) is 0 Å². The van der Waals surface area contributed by atoms with E-state index in [1.807, 2.05) is 24.4 Å². The summed E-state index contributed by atoms with van der Waals surface area (Å²) in [5, 5.41) is 10.8. The molecule has 0 aliphatic rings. The van der Waals surface area contributed by atoms with Crippen molar-refractivity contribution in [2.45, 2.75) is 19.9 Å². The minimum absolute atomic E-state index is 0.173. The number of thiol groups is 1. The Morgan fingerprint density at radius 1 is 1.50 bits per heavy atom. The van der Waals surface area contributed by atoms with Crippen molar-refractivity contribution in [3.63, 3.8) is 0 Å². The average Bonchev–Trinajstić information content (AvgIpc) is 2.86. The molecular weight excluding hydrogens is 270 g/mol. The molecule has 0 aliphatic heterocycles. The summed E-state index contributed by atoms with van der Waals surface area (Å²) in [6, 6.07) is 3.57. The molecule has 2 atom stereocenters. The first-order valence-electron chi connectivity index (χ1n) is 5.64. The van der Waals surface area contributed by atoms with E-state index in [4.69, 9.17) is 5.11 Å². The highest BCUT2D eigenvalue weighted by Gasteiger charge is 2.27. The second kappa shape index (κ2) is 6.80. The molecule has 4 nitrogen and oxygen atoms in total. The number of hydrogen-bond donors (Lipinski definition) is 2. The topological polar surface area (TPSA) is 57.6 Å². The fourth-order valence-electron chi connectivity index (χ4n) is 1.60. The van der Waals surface area contributed by atoms with Gasteiger partial charge in [-0.25, -0.2) is 0 Å². The summed E-state index contributed by atoms with van der Waals surface area (Å²) in [7, 11) is 0. The maximum absolute atomic E-state index is 12.2.